The van der Waals surface area contributed by atoms with Gasteiger partial charge in [-0.15, -0.1) is 13.2 Å². The van der Waals surface area contributed by atoms with Gasteiger partial charge in [-0.1, -0.05) is 6.07 Å². The van der Waals surface area contributed by atoms with Crippen LogP contribution in [0.3, 0.4) is 0 Å². The normalized spacial score (nSPS) is 20.5. The van der Waals surface area contributed by atoms with Gasteiger partial charge in [0.25, 0.3) is 0 Å². The SMILES string of the molecule is CC1=CC(c2ccc3nc(C4CC4)n(CCOC(F)(F)F)c3c2)=CN(C)C1O. The second kappa shape index (κ2) is 6.93. The summed E-state index contributed by atoms with van der Waals surface area (Å²) in [6, 6.07) is 5.79. The number of benzene rings is 1. The van der Waals surface area contributed by atoms with Crippen molar-refractivity contribution in [3.05, 3.63) is 47.4 Å². The maximum atomic E-state index is 12.4. The van der Waals surface area contributed by atoms with E-state index in [1.165, 1.54) is 0 Å². The van der Waals surface area contributed by atoms with E-state index in [4.69, 9.17) is 0 Å². The maximum Gasteiger partial charge on any atom is 0.522 e. The predicted molar refractivity (Wildman–Crippen MR) is 99.2 cm³/mol. The van der Waals surface area contributed by atoms with Crippen LogP contribution in [-0.2, 0) is 11.3 Å². The minimum absolute atomic E-state index is 0.0951. The summed E-state index contributed by atoms with van der Waals surface area (Å²) in [6.07, 6.45) is 0.494. The van der Waals surface area contributed by atoms with E-state index in [1.54, 1.807) is 11.9 Å². The van der Waals surface area contributed by atoms with Crippen LogP contribution in [0.25, 0.3) is 16.6 Å². The number of rotatable bonds is 5. The van der Waals surface area contributed by atoms with Gasteiger partial charge in [0.1, 0.15) is 12.1 Å². The number of imidazole rings is 1. The third-order valence-electron chi connectivity index (χ3n) is 5.15. The van der Waals surface area contributed by atoms with Crippen molar-refractivity contribution in [1.29, 1.82) is 0 Å². The van der Waals surface area contributed by atoms with Crippen LogP contribution in [0.5, 0.6) is 0 Å². The summed E-state index contributed by atoms with van der Waals surface area (Å²) in [5.74, 6) is 1.13. The molecule has 1 saturated carbocycles. The average Bonchev–Trinajstić information content (AvgIpc) is 3.40. The van der Waals surface area contributed by atoms with Gasteiger partial charge in [-0.2, -0.15) is 0 Å². The molecular formula is C20H22F3N3O2. The first-order valence-electron chi connectivity index (χ1n) is 9.24. The maximum absolute atomic E-state index is 12.4. The first kappa shape index (κ1) is 19.0. The Morgan fingerprint density at radius 1 is 1.29 bits per heavy atom. The zero-order valence-electron chi connectivity index (χ0n) is 15.7. The van der Waals surface area contributed by atoms with E-state index in [0.29, 0.717) is 5.92 Å². The Bertz CT molecular complexity index is 957. The highest BCUT2D eigenvalue weighted by Crippen LogP contribution is 2.41. The second-order valence-corrected chi connectivity index (χ2v) is 7.41. The van der Waals surface area contributed by atoms with Crippen LogP contribution in [0.2, 0.25) is 0 Å². The van der Waals surface area contributed by atoms with Crippen molar-refractivity contribution in [2.24, 2.45) is 0 Å². The molecule has 0 bridgehead atoms. The topological polar surface area (TPSA) is 50.5 Å². The second-order valence-electron chi connectivity index (χ2n) is 7.41. The molecule has 0 saturated heterocycles. The lowest BCUT2D eigenvalue weighted by Crippen LogP contribution is -2.30. The molecular weight excluding hydrogens is 371 g/mol. The fraction of sp³-hybridized carbons (Fsp3) is 0.450. The van der Waals surface area contributed by atoms with Crippen LogP contribution >= 0.6 is 0 Å². The Morgan fingerprint density at radius 3 is 2.68 bits per heavy atom. The third-order valence-corrected chi connectivity index (χ3v) is 5.15. The van der Waals surface area contributed by atoms with Gasteiger partial charge in [-0.25, -0.2) is 4.98 Å². The molecule has 5 nitrogen and oxygen atoms in total. The van der Waals surface area contributed by atoms with E-state index < -0.39 is 19.2 Å². The van der Waals surface area contributed by atoms with Gasteiger partial charge < -0.3 is 14.6 Å². The number of fused-ring (bicyclic) bond motifs is 1. The summed E-state index contributed by atoms with van der Waals surface area (Å²) < 4.78 is 43.0. The molecule has 4 rings (SSSR count). The fourth-order valence-electron chi connectivity index (χ4n) is 3.59. The molecule has 1 aromatic carbocycles. The molecule has 2 aromatic rings. The van der Waals surface area contributed by atoms with Crippen molar-refractivity contribution in [1.82, 2.24) is 14.5 Å². The number of hydrogen-bond acceptors (Lipinski definition) is 4. The molecule has 150 valence electrons. The number of aliphatic hydroxyl groups excluding tert-OH is 1. The highest BCUT2D eigenvalue weighted by molar-refractivity contribution is 5.85. The smallest absolute Gasteiger partial charge is 0.370 e. The average molecular weight is 393 g/mol. The van der Waals surface area contributed by atoms with E-state index in [-0.39, 0.29) is 6.54 Å². The third kappa shape index (κ3) is 3.79. The number of allylic oxidation sites excluding steroid dienone is 2. The quantitative estimate of drug-likeness (QED) is 0.834. The van der Waals surface area contributed by atoms with E-state index in [9.17, 15) is 18.3 Å². The van der Waals surface area contributed by atoms with Gasteiger partial charge >= 0.3 is 6.36 Å². The summed E-state index contributed by atoms with van der Waals surface area (Å²) in [4.78, 5) is 6.38. The zero-order valence-corrected chi connectivity index (χ0v) is 15.7. The number of likely N-dealkylation sites (N-methyl/N-ethyl adjacent to an activating group) is 1. The summed E-state index contributed by atoms with van der Waals surface area (Å²) in [6.45, 7) is 1.50. The number of nitrogens with zero attached hydrogens (tertiary/aromatic N) is 3. The molecule has 2 heterocycles. The first-order chi connectivity index (χ1) is 13.2. The molecule has 1 aliphatic heterocycles. The van der Waals surface area contributed by atoms with E-state index in [2.05, 4.69) is 9.72 Å². The van der Waals surface area contributed by atoms with Crippen LogP contribution in [0, 0.1) is 0 Å². The standard InChI is InChI=1S/C20H22F3N3O2/c1-12-9-15(11-25(2)19(12)27)14-5-6-16-17(10-14)26(7-8-28-20(21,22)23)18(24-16)13-3-4-13/h5-6,9-11,13,19,27H,3-4,7-8H2,1-2H3. The Balaban J connectivity index is 1.70. The summed E-state index contributed by atoms with van der Waals surface area (Å²) in [5.41, 5.74) is 4.24. The molecule has 2 aliphatic rings. The summed E-state index contributed by atoms with van der Waals surface area (Å²) in [7, 11) is 1.80. The van der Waals surface area contributed by atoms with Gasteiger partial charge in [0.15, 0.2) is 0 Å². The Morgan fingerprint density at radius 2 is 2.04 bits per heavy atom. The van der Waals surface area contributed by atoms with Crippen molar-refractivity contribution in [3.8, 4) is 0 Å². The van der Waals surface area contributed by atoms with Crippen molar-refractivity contribution in [3.63, 3.8) is 0 Å². The van der Waals surface area contributed by atoms with Gasteiger partial charge in [-0.3, -0.25) is 4.74 Å². The van der Waals surface area contributed by atoms with Gasteiger partial charge in [0.05, 0.1) is 17.6 Å². The van der Waals surface area contributed by atoms with Gasteiger partial charge in [0, 0.05) is 25.7 Å². The Labute approximate surface area is 160 Å². The van der Waals surface area contributed by atoms with Gasteiger partial charge in [0.2, 0.25) is 0 Å². The number of hydrogen-bond donors (Lipinski definition) is 1. The lowest BCUT2D eigenvalue weighted by atomic mass is 10.00. The fourth-order valence-corrected chi connectivity index (χ4v) is 3.59. The van der Waals surface area contributed by atoms with Crippen LogP contribution in [0.4, 0.5) is 13.2 Å². The van der Waals surface area contributed by atoms with E-state index >= 15 is 0 Å². The Kier molecular flexibility index (Phi) is 4.71. The number of halogens is 3. The van der Waals surface area contributed by atoms with Crippen molar-refractivity contribution >= 4 is 16.6 Å². The van der Waals surface area contributed by atoms with Crippen molar-refractivity contribution in [2.45, 2.75) is 44.8 Å². The minimum Gasteiger partial charge on any atom is -0.370 e. The molecule has 1 aromatic heterocycles. The largest absolute Gasteiger partial charge is 0.522 e. The highest BCUT2D eigenvalue weighted by Gasteiger charge is 2.31. The van der Waals surface area contributed by atoms with E-state index in [0.717, 1.165) is 46.4 Å². The van der Waals surface area contributed by atoms with Crippen molar-refractivity contribution < 1.29 is 23.0 Å². The highest BCUT2D eigenvalue weighted by atomic mass is 19.4. The molecule has 0 radical (unpaired) electrons. The predicted octanol–water partition coefficient (Wildman–Crippen LogP) is 4.00. The zero-order chi connectivity index (χ0) is 20.1. The van der Waals surface area contributed by atoms with Crippen LogP contribution in [-0.4, -0.2) is 45.8 Å². The summed E-state index contributed by atoms with van der Waals surface area (Å²) >= 11 is 0. The van der Waals surface area contributed by atoms with Crippen LogP contribution in [0.15, 0.2) is 36.0 Å². The monoisotopic (exact) mass is 393 g/mol. The number of ether oxygens (including phenoxy) is 1. The van der Waals surface area contributed by atoms with Crippen LogP contribution < -0.4 is 0 Å². The molecule has 28 heavy (non-hydrogen) atoms. The molecule has 8 heteroatoms. The molecule has 1 unspecified atom stereocenters. The molecule has 1 fully saturated rings. The molecule has 0 amide bonds. The lowest BCUT2D eigenvalue weighted by molar-refractivity contribution is -0.325. The number of aliphatic hydroxyl groups is 1. The number of alkyl halides is 3. The lowest BCUT2D eigenvalue weighted by Gasteiger charge is -2.27. The first-order valence-corrected chi connectivity index (χ1v) is 9.24. The molecule has 1 N–H and O–H groups in total. The summed E-state index contributed by atoms with van der Waals surface area (Å²) in [5, 5.41) is 10.1. The van der Waals surface area contributed by atoms with E-state index in [1.807, 2.05) is 42.0 Å². The Hall–Kier alpha value is -2.32. The molecule has 1 aliphatic carbocycles. The van der Waals surface area contributed by atoms with Gasteiger partial charge in [-0.05, 0) is 54.7 Å². The molecule has 0 spiro atoms. The van der Waals surface area contributed by atoms with Crippen molar-refractivity contribution in [2.75, 3.05) is 13.7 Å². The molecule has 1 atom stereocenters. The van der Waals surface area contributed by atoms with Crippen LogP contribution in [0.1, 0.15) is 37.1 Å². The number of aromatic nitrogens is 2. The minimum atomic E-state index is -4.64.